The smallest absolute Gasteiger partial charge is 0.317 e. The number of carbonyl (C=O) groups is 2. The van der Waals surface area contributed by atoms with Gasteiger partial charge in [0.1, 0.15) is 11.6 Å². The fourth-order valence-corrected chi connectivity index (χ4v) is 3.92. The molecule has 136 valence electrons. The van der Waals surface area contributed by atoms with Crippen molar-refractivity contribution in [1.82, 2.24) is 10.2 Å². The van der Waals surface area contributed by atoms with Crippen LogP contribution < -0.4 is 5.32 Å². The number of nitrogens with zero attached hydrogens (tertiary/aromatic N) is 1. The average molecular weight is 352 g/mol. The second-order valence-corrected chi connectivity index (χ2v) is 7.13. The van der Waals surface area contributed by atoms with Crippen molar-refractivity contribution >= 4 is 12.0 Å². The molecule has 3 rings (SSSR count). The zero-order chi connectivity index (χ0) is 18.1. The SMILES string of the molecule is CC1CC(C(=O)O)CN(C(=O)N[C@H]2CCCc3c(F)cc(F)cc32)C1. The van der Waals surface area contributed by atoms with Gasteiger partial charge < -0.3 is 15.3 Å². The molecule has 2 aliphatic rings. The number of carbonyl (C=O) groups excluding carboxylic acids is 1. The standard InChI is InChI=1S/C18H22F2N2O3/c1-10-5-11(17(23)24)9-22(8-10)18(25)21-16-4-2-3-13-14(16)6-12(19)7-15(13)20/h6-7,10-11,16H,2-5,8-9H2,1H3,(H,21,25)(H,23,24)/t10?,11?,16-/m0/s1. The summed E-state index contributed by atoms with van der Waals surface area (Å²) in [4.78, 5) is 25.3. The molecule has 0 bridgehead atoms. The molecule has 1 aliphatic heterocycles. The van der Waals surface area contributed by atoms with Crippen LogP contribution in [0, 0.1) is 23.5 Å². The molecule has 0 saturated carbocycles. The average Bonchev–Trinajstić information content (AvgIpc) is 2.54. The van der Waals surface area contributed by atoms with E-state index < -0.39 is 29.6 Å². The summed E-state index contributed by atoms with van der Waals surface area (Å²) in [6.07, 6.45) is 2.37. The molecule has 2 N–H and O–H groups in total. The van der Waals surface area contributed by atoms with Crippen LogP contribution in [-0.2, 0) is 11.2 Å². The van der Waals surface area contributed by atoms with Crippen LogP contribution in [-0.4, -0.2) is 35.1 Å². The molecular weight excluding hydrogens is 330 g/mol. The number of hydrogen-bond donors (Lipinski definition) is 2. The van der Waals surface area contributed by atoms with E-state index in [1.54, 1.807) is 0 Å². The number of hydrogen-bond acceptors (Lipinski definition) is 2. The summed E-state index contributed by atoms with van der Waals surface area (Å²) in [6, 6.07) is 1.32. The maximum Gasteiger partial charge on any atom is 0.317 e. The maximum absolute atomic E-state index is 14.0. The predicted molar refractivity (Wildman–Crippen MR) is 87.0 cm³/mol. The highest BCUT2D eigenvalue weighted by atomic mass is 19.1. The normalized spacial score (nSPS) is 26.0. The quantitative estimate of drug-likeness (QED) is 0.859. The zero-order valence-electron chi connectivity index (χ0n) is 14.1. The number of carboxylic acids is 1. The Morgan fingerprint density at radius 2 is 2.04 bits per heavy atom. The van der Waals surface area contributed by atoms with Gasteiger partial charge >= 0.3 is 12.0 Å². The van der Waals surface area contributed by atoms with Gasteiger partial charge in [-0.2, -0.15) is 0 Å². The number of piperidine rings is 1. The molecule has 0 radical (unpaired) electrons. The second kappa shape index (κ2) is 6.98. The first kappa shape index (κ1) is 17.6. The third-order valence-electron chi connectivity index (χ3n) is 5.08. The van der Waals surface area contributed by atoms with Crippen LogP contribution in [0.3, 0.4) is 0 Å². The lowest BCUT2D eigenvalue weighted by Crippen LogP contribution is -2.50. The number of amides is 2. The van der Waals surface area contributed by atoms with Crippen LogP contribution >= 0.6 is 0 Å². The van der Waals surface area contributed by atoms with Gasteiger partial charge in [0, 0.05) is 19.2 Å². The summed E-state index contributed by atoms with van der Waals surface area (Å²) in [5.41, 5.74) is 0.935. The van der Waals surface area contributed by atoms with E-state index in [0.29, 0.717) is 43.4 Å². The summed E-state index contributed by atoms with van der Waals surface area (Å²) >= 11 is 0. The third-order valence-corrected chi connectivity index (χ3v) is 5.08. The van der Waals surface area contributed by atoms with Gasteiger partial charge in [-0.15, -0.1) is 0 Å². The number of carboxylic acid groups (broad SMARTS) is 1. The van der Waals surface area contributed by atoms with Gasteiger partial charge in [-0.1, -0.05) is 6.92 Å². The molecule has 3 atom stereocenters. The Bertz CT molecular complexity index is 695. The second-order valence-electron chi connectivity index (χ2n) is 7.13. The molecule has 7 heteroatoms. The van der Waals surface area contributed by atoms with Gasteiger partial charge in [-0.3, -0.25) is 4.79 Å². The Balaban J connectivity index is 1.75. The lowest BCUT2D eigenvalue weighted by molar-refractivity contribution is -0.143. The van der Waals surface area contributed by atoms with Crippen molar-refractivity contribution in [3.63, 3.8) is 0 Å². The van der Waals surface area contributed by atoms with Crippen molar-refractivity contribution in [3.05, 3.63) is 34.9 Å². The minimum Gasteiger partial charge on any atom is -0.481 e. The van der Waals surface area contributed by atoms with Gasteiger partial charge in [0.15, 0.2) is 0 Å². The van der Waals surface area contributed by atoms with E-state index in [0.717, 1.165) is 6.07 Å². The molecular formula is C18H22F2N2O3. The lowest BCUT2D eigenvalue weighted by atomic mass is 9.87. The van der Waals surface area contributed by atoms with Crippen molar-refractivity contribution in [2.24, 2.45) is 11.8 Å². The van der Waals surface area contributed by atoms with Crippen molar-refractivity contribution in [3.8, 4) is 0 Å². The van der Waals surface area contributed by atoms with E-state index >= 15 is 0 Å². The van der Waals surface area contributed by atoms with Crippen LogP contribution in [0.1, 0.15) is 43.4 Å². The summed E-state index contributed by atoms with van der Waals surface area (Å²) in [5.74, 6) is -2.63. The van der Waals surface area contributed by atoms with Crippen LogP contribution in [0.25, 0.3) is 0 Å². The molecule has 2 amide bonds. The highest BCUT2D eigenvalue weighted by molar-refractivity contribution is 5.77. The van der Waals surface area contributed by atoms with Crippen LogP contribution in [0.5, 0.6) is 0 Å². The summed E-state index contributed by atoms with van der Waals surface area (Å²) in [5, 5.41) is 12.1. The summed E-state index contributed by atoms with van der Waals surface area (Å²) < 4.78 is 27.5. The number of rotatable bonds is 2. The first-order valence-electron chi connectivity index (χ1n) is 8.61. The largest absolute Gasteiger partial charge is 0.481 e. The number of aliphatic carboxylic acids is 1. The van der Waals surface area contributed by atoms with Gasteiger partial charge in [-0.25, -0.2) is 13.6 Å². The Morgan fingerprint density at radius 1 is 1.28 bits per heavy atom. The predicted octanol–water partition coefficient (Wildman–Crippen LogP) is 3.09. The number of urea groups is 1. The molecule has 2 unspecified atom stereocenters. The zero-order valence-corrected chi connectivity index (χ0v) is 14.1. The molecule has 0 aromatic heterocycles. The first-order chi connectivity index (χ1) is 11.8. The molecule has 1 fully saturated rings. The number of halogens is 2. The van der Waals surface area contributed by atoms with Crippen LogP contribution in [0.4, 0.5) is 13.6 Å². The molecule has 1 aromatic carbocycles. The summed E-state index contributed by atoms with van der Waals surface area (Å²) in [7, 11) is 0. The Hall–Kier alpha value is -2.18. The monoisotopic (exact) mass is 352 g/mol. The molecule has 25 heavy (non-hydrogen) atoms. The highest BCUT2D eigenvalue weighted by Crippen LogP contribution is 2.32. The molecule has 5 nitrogen and oxygen atoms in total. The van der Waals surface area contributed by atoms with E-state index in [2.05, 4.69) is 5.32 Å². The molecule has 1 heterocycles. The molecule has 0 spiro atoms. The molecule has 1 aliphatic carbocycles. The van der Waals surface area contributed by atoms with Crippen molar-refractivity contribution in [2.45, 2.75) is 38.6 Å². The van der Waals surface area contributed by atoms with E-state index in [4.69, 9.17) is 0 Å². The van der Waals surface area contributed by atoms with Gasteiger partial charge in [0.25, 0.3) is 0 Å². The van der Waals surface area contributed by atoms with Crippen molar-refractivity contribution in [1.29, 1.82) is 0 Å². The summed E-state index contributed by atoms with van der Waals surface area (Å²) in [6.45, 7) is 2.55. The lowest BCUT2D eigenvalue weighted by Gasteiger charge is -2.36. The van der Waals surface area contributed by atoms with Gasteiger partial charge in [0.2, 0.25) is 0 Å². The molecule has 1 saturated heterocycles. The fraction of sp³-hybridized carbons (Fsp3) is 0.556. The van der Waals surface area contributed by atoms with E-state index in [9.17, 15) is 23.5 Å². The maximum atomic E-state index is 14.0. The Labute approximate surface area is 145 Å². The third kappa shape index (κ3) is 3.75. The fourth-order valence-electron chi connectivity index (χ4n) is 3.92. The highest BCUT2D eigenvalue weighted by Gasteiger charge is 2.33. The number of fused-ring (bicyclic) bond motifs is 1. The number of likely N-dealkylation sites (tertiary alicyclic amines) is 1. The Morgan fingerprint density at radius 3 is 2.76 bits per heavy atom. The van der Waals surface area contributed by atoms with Crippen molar-refractivity contribution < 1.29 is 23.5 Å². The minimum absolute atomic E-state index is 0.0918. The van der Waals surface area contributed by atoms with Crippen LogP contribution in [0.2, 0.25) is 0 Å². The van der Waals surface area contributed by atoms with E-state index in [-0.39, 0.29) is 18.5 Å². The molecule has 1 aromatic rings. The van der Waals surface area contributed by atoms with Gasteiger partial charge in [-0.05, 0) is 48.8 Å². The number of benzene rings is 1. The minimum atomic E-state index is -0.906. The topological polar surface area (TPSA) is 69.6 Å². The Kier molecular flexibility index (Phi) is 4.92. The van der Waals surface area contributed by atoms with E-state index in [1.807, 2.05) is 6.92 Å². The number of nitrogens with one attached hydrogen (secondary N) is 1. The van der Waals surface area contributed by atoms with Crippen LogP contribution in [0.15, 0.2) is 12.1 Å². The van der Waals surface area contributed by atoms with E-state index in [1.165, 1.54) is 11.0 Å². The van der Waals surface area contributed by atoms with Crippen molar-refractivity contribution in [2.75, 3.05) is 13.1 Å². The van der Waals surface area contributed by atoms with Gasteiger partial charge in [0.05, 0.1) is 12.0 Å². The first-order valence-corrected chi connectivity index (χ1v) is 8.61.